The minimum atomic E-state index is 0.352. The molecule has 1 amide bonds. The predicted octanol–water partition coefficient (Wildman–Crippen LogP) is 2.98. The predicted molar refractivity (Wildman–Crippen MR) is 84.9 cm³/mol. The molecule has 2 fully saturated rings. The topological polar surface area (TPSA) is 32.3 Å². The third kappa shape index (κ3) is 3.46. The van der Waals surface area contributed by atoms with Gasteiger partial charge in [-0.05, 0) is 37.7 Å². The van der Waals surface area contributed by atoms with Crippen LogP contribution in [0, 0.1) is 11.8 Å². The summed E-state index contributed by atoms with van der Waals surface area (Å²) in [4.78, 5) is 14.3. The van der Waals surface area contributed by atoms with Gasteiger partial charge in [-0.1, -0.05) is 37.3 Å². The number of benzene rings is 1. The summed E-state index contributed by atoms with van der Waals surface area (Å²) in [5.74, 6) is 1.27. The van der Waals surface area contributed by atoms with Crippen LogP contribution in [0.3, 0.4) is 0 Å². The van der Waals surface area contributed by atoms with Crippen molar-refractivity contribution in [2.45, 2.75) is 45.2 Å². The number of amides is 1. The summed E-state index contributed by atoms with van der Waals surface area (Å²) in [7, 11) is 0. The van der Waals surface area contributed by atoms with E-state index < -0.39 is 0 Å². The summed E-state index contributed by atoms with van der Waals surface area (Å²) < 4.78 is 0. The number of hydrogen-bond acceptors (Lipinski definition) is 2. The molecule has 1 aliphatic heterocycles. The van der Waals surface area contributed by atoms with E-state index in [1.54, 1.807) is 0 Å². The number of carbonyl (C=O) groups excluding carboxylic acids is 1. The van der Waals surface area contributed by atoms with Gasteiger partial charge in [0.15, 0.2) is 0 Å². The zero-order chi connectivity index (χ0) is 14.8. The molecule has 0 spiro atoms. The first-order valence-corrected chi connectivity index (χ1v) is 8.25. The van der Waals surface area contributed by atoms with Gasteiger partial charge in [0.1, 0.15) is 0 Å². The van der Waals surface area contributed by atoms with Gasteiger partial charge >= 0.3 is 0 Å². The number of rotatable bonds is 4. The maximum absolute atomic E-state index is 12.2. The Morgan fingerprint density at radius 2 is 1.95 bits per heavy atom. The van der Waals surface area contributed by atoms with E-state index in [0.29, 0.717) is 29.8 Å². The van der Waals surface area contributed by atoms with Crippen LogP contribution in [0.1, 0.15) is 44.7 Å². The van der Waals surface area contributed by atoms with Crippen molar-refractivity contribution in [1.29, 1.82) is 0 Å². The number of nitrogens with one attached hydrogen (secondary N) is 1. The lowest BCUT2D eigenvalue weighted by molar-refractivity contribution is -0.134. The van der Waals surface area contributed by atoms with Crippen LogP contribution in [-0.2, 0) is 4.79 Å². The van der Waals surface area contributed by atoms with Crippen molar-refractivity contribution in [3.8, 4) is 0 Å². The molecule has 1 saturated carbocycles. The summed E-state index contributed by atoms with van der Waals surface area (Å²) in [6.45, 7) is 6.32. The molecule has 1 aliphatic carbocycles. The van der Waals surface area contributed by atoms with E-state index in [2.05, 4.69) is 54.4 Å². The number of piperidine rings is 1. The Morgan fingerprint density at radius 1 is 1.24 bits per heavy atom. The molecule has 114 valence electrons. The fourth-order valence-electron chi connectivity index (χ4n) is 3.34. The van der Waals surface area contributed by atoms with Crippen molar-refractivity contribution in [1.82, 2.24) is 10.2 Å². The van der Waals surface area contributed by atoms with Gasteiger partial charge in [0.25, 0.3) is 0 Å². The van der Waals surface area contributed by atoms with Crippen molar-refractivity contribution < 1.29 is 4.79 Å². The molecule has 0 radical (unpaired) electrons. The average Bonchev–Trinajstić information content (AvgIpc) is 3.34. The molecule has 21 heavy (non-hydrogen) atoms. The molecule has 0 aromatic heterocycles. The molecular formula is C18H26N2O. The Balaban J connectivity index is 1.54. The fourth-order valence-corrected chi connectivity index (χ4v) is 3.34. The number of nitrogens with zero attached hydrogens (tertiary/aromatic N) is 1. The van der Waals surface area contributed by atoms with Crippen molar-refractivity contribution in [2.24, 2.45) is 11.8 Å². The molecule has 1 aromatic carbocycles. The second-order valence-corrected chi connectivity index (χ2v) is 6.73. The SMILES string of the molecule is C[C@H](N[C@@H]1CCN(C(=O)C2CC2)C[C@@H]1C)c1ccccc1. The molecule has 2 aliphatic rings. The Bertz CT molecular complexity index is 483. The van der Waals surface area contributed by atoms with E-state index in [-0.39, 0.29) is 0 Å². The van der Waals surface area contributed by atoms with Crippen LogP contribution in [-0.4, -0.2) is 29.9 Å². The maximum atomic E-state index is 12.2. The van der Waals surface area contributed by atoms with Crippen LogP contribution < -0.4 is 5.32 Å². The largest absolute Gasteiger partial charge is 0.342 e. The lowest BCUT2D eigenvalue weighted by atomic mass is 9.92. The number of hydrogen-bond donors (Lipinski definition) is 1. The molecule has 3 atom stereocenters. The highest BCUT2D eigenvalue weighted by Gasteiger charge is 2.36. The monoisotopic (exact) mass is 286 g/mol. The lowest BCUT2D eigenvalue weighted by Crippen LogP contribution is -2.50. The van der Waals surface area contributed by atoms with E-state index in [1.165, 1.54) is 5.56 Å². The molecule has 3 nitrogen and oxygen atoms in total. The Labute approximate surface area is 127 Å². The highest BCUT2D eigenvalue weighted by molar-refractivity contribution is 5.81. The molecule has 0 bridgehead atoms. The molecule has 3 heteroatoms. The van der Waals surface area contributed by atoms with Crippen LogP contribution in [0.15, 0.2) is 30.3 Å². The Hall–Kier alpha value is -1.35. The van der Waals surface area contributed by atoms with Gasteiger partial charge in [0.2, 0.25) is 5.91 Å². The minimum Gasteiger partial charge on any atom is -0.342 e. The highest BCUT2D eigenvalue weighted by Crippen LogP contribution is 2.32. The fraction of sp³-hybridized carbons (Fsp3) is 0.611. The summed E-state index contributed by atoms with van der Waals surface area (Å²) >= 11 is 0. The van der Waals surface area contributed by atoms with Gasteiger partial charge in [0, 0.05) is 31.1 Å². The van der Waals surface area contributed by atoms with E-state index in [4.69, 9.17) is 0 Å². The molecule has 1 aromatic rings. The molecule has 1 saturated heterocycles. The first-order valence-electron chi connectivity index (χ1n) is 8.25. The first kappa shape index (κ1) is 14.6. The summed E-state index contributed by atoms with van der Waals surface area (Å²) in [6, 6.07) is 11.5. The van der Waals surface area contributed by atoms with Crippen molar-refractivity contribution >= 4 is 5.91 Å². The summed E-state index contributed by atoms with van der Waals surface area (Å²) in [6.07, 6.45) is 3.28. The smallest absolute Gasteiger partial charge is 0.225 e. The third-order valence-electron chi connectivity index (χ3n) is 4.91. The zero-order valence-corrected chi connectivity index (χ0v) is 13.1. The van der Waals surface area contributed by atoms with Crippen LogP contribution in [0.5, 0.6) is 0 Å². The Morgan fingerprint density at radius 3 is 2.57 bits per heavy atom. The number of likely N-dealkylation sites (tertiary alicyclic amines) is 1. The normalized spacial score (nSPS) is 27.4. The van der Waals surface area contributed by atoms with Crippen molar-refractivity contribution in [2.75, 3.05) is 13.1 Å². The highest BCUT2D eigenvalue weighted by atomic mass is 16.2. The van der Waals surface area contributed by atoms with Gasteiger partial charge in [-0.2, -0.15) is 0 Å². The first-order chi connectivity index (χ1) is 10.1. The van der Waals surface area contributed by atoms with Crippen molar-refractivity contribution in [3.05, 3.63) is 35.9 Å². The summed E-state index contributed by atoms with van der Waals surface area (Å²) in [5.41, 5.74) is 1.33. The van der Waals surface area contributed by atoms with E-state index in [1.807, 2.05) is 0 Å². The minimum absolute atomic E-state index is 0.352. The van der Waals surface area contributed by atoms with Gasteiger partial charge < -0.3 is 10.2 Å². The van der Waals surface area contributed by atoms with Gasteiger partial charge in [-0.25, -0.2) is 0 Å². The maximum Gasteiger partial charge on any atom is 0.225 e. The quantitative estimate of drug-likeness (QED) is 0.923. The Kier molecular flexibility index (Phi) is 4.29. The van der Waals surface area contributed by atoms with Gasteiger partial charge in [-0.15, -0.1) is 0 Å². The molecule has 1 N–H and O–H groups in total. The zero-order valence-electron chi connectivity index (χ0n) is 13.1. The summed E-state index contributed by atoms with van der Waals surface area (Å²) in [5, 5.41) is 3.75. The standard InChI is InChI=1S/C18H26N2O/c1-13-12-20(18(21)16-8-9-16)11-10-17(13)19-14(2)15-6-4-3-5-7-15/h3-7,13-14,16-17,19H,8-12H2,1-2H3/t13-,14-,17+/m0/s1. The second kappa shape index (κ2) is 6.18. The molecular weight excluding hydrogens is 260 g/mol. The molecule has 0 unspecified atom stereocenters. The van der Waals surface area contributed by atoms with Gasteiger partial charge in [0.05, 0.1) is 0 Å². The van der Waals surface area contributed by atoms with Crippen molar-refractivity contribution in [3.63, 3.8) is 0 Å². The van der Waals surface area contributed by atoms with Crippen LogP contribution in [0.2, 0.25) is 0 Å². The molecule has 1 heterocycles. The lowest BCUT2D eigenvalue weighted by Gasteiger charge is -2.39. The van der Waals surface area contributed by atoms with E-state index in [9.17, 15) is 4.79 Å². The van der Waals surface area contributed by atoms with Crippen LogP contribution in [0.25, 0.3) is 0 Å². The number of carbonyl (C=O) groups is 1. The van der Waals surface area contributed by atoms with E-state index in [0.717, 1.165) is 32.4 Å². The second-order valence-electron chi connectivity index (χ2n) is 6.73. The molecule has 3 rings (SSSR count). The van der Waals surface area contributed by atoms with E-state index >= 15 is 0 Å². The third-order valence-corrected chi connectivity index (χ3v) is 4.91. The van der Waals surface area contributed by atoms with Crippen LogP contribution >= 0.6 is 0 Å². The average molecular weight is 286 g/mol. The van der Waals surface area contributed by atoms with Gasteiger partial charge in [-0.3, -0.25) is 4.79 Å². The van der Waals surface area contributed by atoms with Crippen LogP contribution in [0.4, 0.5) is 0 Å².